The van der Waals surface area contributed by atoms with Gasteiger partial charge in [0.15, 0.2) is 0 Å². The number of nitrogens with zero attached hydrogens (tertiary/aromatic N) is 5. The summed E-state index contributed by atoms with van der Waals surface area (Å²) in [5, 5.41) is 21.3. The van der Waals surface area contributed by atoms with Crippen molar-refractivity contribution < 1.29 is 31.4 Å². The van der Waals surface area contributed by atoms with Crippen LogP contribution in [0.2, 0.25) is 5.02 Å². The average molecular weight is 592 g/mol. The zero-order chi connectivity index (χ0) is 29.4. The fraction of sp³-hybridized carbons (Fsp3) is 0.214. The molecule has 0 bridgehead atoms. The molecule has 3 heterocycles. The first-order valence-electron chi connectivity index (χ1n) is 12.2. The summed E-state index contributed by atoms with van der Waals surface area (Å²) in [4.78, 5) is 8.45. The number of rotatable bonds is 6. The summed E-state index contributed by atoms with van der Waals surface area (Å²) in [7, 11) is 0. The number of halogens is 7. The van der Waals surface area contributed by atoms with Gasteiger partial charge in [-0.3, -0.25) is 15.0 Å². The van der Waals surface area contributed by atoms with E-state index in [-0.39, 0.29) is 11.6 Å². The second kappa shape index (κ2) is 11.1. The predicted molar refractivity (Wildman–Crippen MR) is 136 cm³/mol. The molecule has 0 saturated carbocycles. The van der Waals surface area contributed by atoms with Gasteiger partial charge in [0.25, 0.3) is 0 Å². The van der Waals surface area contributed by atoms with Gasteiger partial charge in [0, 0.05) is 34.7 Å². The van der Waals surface area contributed by atoms with Crippen molar-refractivity contribution in [1.29, 1.82) is 0 Å². The van der Waals surface area contributed by atoms with Gasteiger partial charge in [-0.15, -0.1) is 0 Å². The summed E-state index contributed by atoms with van der Waals surface area (Å²) < 4.78 is 81.0. The Morgan fingerprint density at radius 1 is 0.829 bits per heavy atom. The van der Waals surface area contributed by atoms with Crippen molar-refractivity contribution in [1.82, 2.24) is 15.0 Å². The maximum atomic E-state index is 13.5. The summed E-state index contributed by atoms with van der Waals surface area (Å²) in [5.74, 6) is 0. The van der Waals surface area contributed by atoms with Gasteiger partial charge in [0.05, 0.1) is 23.4 Å². The highest BCUT2D eigenvalue weighted by Crippen LogP contribution is 2.45. The van der Waals surface area contributed by atoms with Gasteiger partial charge in [-0.05, 0) is 53.6 Å². The SMILES string of the molecule is OC(c1ccccc1Cl)c1cccnc1C1N=NN(Cc2cc(C(F)(F)F)cc(C(F)(F)F)c2)C1c1ccncc1. The lowest BCUT2D eigenvalue weighted by atomic mass is 9.91. The van der Waals surface area contributed by atoms with Crippen molar-refractivity contribution >= 4 is 11.6 Å². The number of pyridine rings is 2. The van der Waals surface area contributed by atoms with E-state index < -0.39 is 48.2 Å². The van der Waals surface area contributed by atoms with Crippen LogP contribution >= 0.6 is 11.6 Å². The topological polar surface area (TPSA) is 74.0 Å². The summed E-state index contributed by atoms with van der Waals surface area (Å²) in [6.45, 7) is -0.421. The third kappa shape index (κ3) is 6.03. The third-order valence-corrected chi connectivity index (χ3v) is 6.94. The Hall–Kier alpha value is -4.03. The van der Waals surface area contributed by atoms with Crippen LogP contribution in [0.1, 0.15) is 57.3 Å². The molecule has 4 aromatic rings. The molecule has 1 aliphatic heterocycles. The van der Waals surface area contributed by atoms with E-state index in [9.17, 15) is 31.4 Å². The Kier molecular flexibility index (Phi) is 7.71. The highest BCUT2D eigenvalue weighted by Gasteiger charge is 2.40. The minimum Gasteiger partial charge on any atom is -0.384 e. The van der Waals surface area contributed by atoms with Crippen molar-refractivity contribution in [3.8, 4) is 0 Å². The molecule has 0 radical (unpaired) electrons. The van der Waals surface area contributed by atoms with Crippen LogP contribution in [0, 0.1) is 0 Å². The number of alkyl halides is 6. The van der Waals surface area contributed by atoms with Gasteiger partial charge in [-0.2, -0.15) is 31.5 Å². The molecule has 2 aromatic carbocycles. The lowest BCUT2D eigenvalue weighted by Gasteiger charge is -2.28. The number of benzene rings is 2. The van der Waals surface area contributed by atoms with E-state index >= 15 is 0 Å². The van der Waals surface area contributed by atoms with Gasteiger partial charge in [0.2, 0.25) is 0 Å². The molecule has 3 atom stereocenters. The van der Waals surface area contributed by atoms with Gasteiger partial charge in [-0.25, -0.2) is 0 Å². The van der Waals surface area contributed by atoms with E-state index in [4.69, 9.17) is 11.6 Å². The first kappa shape index (κ1) is 28.5. The zero-order valence-corrected chi connectivity index (χ0v) is 21.6. The van der Waals surface area contributed by atoms with Crippen LogP contribution in [-0.2, 0) is 18.9 Å². The van der Waals surface area contributed by atoms with Crippen LogP contribution in [0.15, 0.2) is 95.7 Å². The smallest absolute Gasteiger partial charge is 0.384 e. The number of hydrogen-bond acceptors (Lipinski definition) is 6. The molecule has 5 rings (SSSR count). The van der Waals surface area contributed by atoms with Crippen LogP contribution in [0.25, 0.3) is 0 Å². The van der Waals surface area contributed by atoms with Crippen molar-refractivity contribution in [2.45, 2.75) is 37.1 Å². The number of hydrogen-bond donors (Lipinski definition) is 1. The monoisotopic (exact) mass is 591 g/mol. The highest BCUT2D eigenvalue weighted by molar-refractivity contribution is 6.31. The molecule has 1 aliphatic rings. The largest absolute Gasteiger partial charge is 0.416 e. The van der Waals surface area contributed by atoms with Crippen LogP contribution in [0.4, 0.5) is 26.3 Å². The minimum absolute atomic E-state index is 0.0778. The quantitative estimate of drug-likeness (QED) is 0.231. The molecule has 0 fully saturated rings. The van der Waals surface area contributed by atoms with Gasteiger partial charge >= 0.3 is 12.4 Å². The molecule has 0 saturated heterocycles. The van der Waals surface area contributed by atoms with Crippen molar-refractivity contribution in [2.24, 2.45) is 10.3 Å². The second-order valence-electron chi connectivity index (χ2n) is 9.29. The van der Waals surface area contributed by atoms with E-state index in [0.29, 0.717) is 39.5 Å². The molecule has 41 heavy (non-hydrogen) atoms. The van der Waals surface area contributed by atoms with Crippen LogP contribution in [0.3, 0.4) is 0 Å². The molecule has 2 aromatic heterocycles. The second-order valence-corrected chi connectivity index (χ2v) is 9.70. The summed E-state index contributed by atoms with van der Waals surface area (Å²) >= 11 is 6.31. The van der Waals surface area contributed by atoms with E-state index in [0.717, 1.165) is 0 Å². The summed E-state index contributed by atoms with van der Waals surface area (Å²) in [5.41, 5.74) is -1.43. The van der Waals surface area contributed by atoms with Crippen LogP contribution < -0.4 is 0 Å². The minimum atomic E-state index is -4.99. The van der Waals surface area contributed by atoms with Crippen molar-refractivity contribution in [2.75, 3.05) is 0 Å². The maximum Gasteiger partial charge on any atom is 0.416 e. The van der Waals surface area contributed by atoms with E-state index in [2.05, 4.69) is 20.3 Å². The molecule has 0 aliphatic carbocycles. The first-order chi connectivity index (χ1) is 19.4. The molecule has 212 valence electrons. The molecular formula is C28H20ClF6N5O. The Morgan fingerprint density at radius 3 is 2.10 bits per heavy atom. The Morgan fingerprint density at radius 2 is 1.46 bits per heavy atom. The molecule has 6 nitrogen and oxygen atoms in total. The molecule has 0 amide bonds. The molecule has 0 spiro atoms. The Bertz CT molecular complexity index is 1530. The van der Waals surface area contributed by atoms with Crippen LogP contribution in [0.5, 0.6) is 0 Å². The number of aromatic nitrogens is 2. The molecule has 3 unspecified atom stereocenters. The third-order valence-electron chi connectivity index (χ3n) is 6.60. The maximum absolute atomic E-state index is 13.5. The fourth-order valence-electron chi connectivity index (χ4n) is 4.72. The molecule has 1 N–H and O–H groups in total. The molecule has 13 heteroatoms. The van der Waals surface area contributed by atoms with E-state index in [1.54, 1.807) is 48.5 Å². The summed E-state index contributed by atoms with van der Waals surface area (Å²) in [6.07, 6.45) is -6.71. The first-order valence-corrected chi connectivity index (χ1v) is 12.5. The average Bonchev–Trinajstić information content (AvgIpc) is 3.35. The van der Waals surface area contributed by atoms with Gasteiger partial charge in [0.1, 0.15) is 18.2 Å². The van der Waals surface area contributed by atoms with Gasteiger partial charge < -0.3 is 5.11 Å². The Balaban J connectivity index is 1.56. The zero-order valence-electron chi connectivity index (χ0n) is 20.9. The van der Waals surface area contributed by atoms with Crippen molar-refractivity contribution in [3.05, 3.63) is 129 Å². The van der Waals surface area contributed by atoms with Crippen LogP contribution in [-0.4, -0.2) is 20.1 Å². The lowest BCUT2D eigenvalue weighted by molar-refractivity contribution is -0.143. The van der Waals surface area contributed by atoms with E-state index in [1.165, 1.54) is 23.6 Å². The lowest BCUT2D eigenvalue weighted by Crippen LogP contribution is -2.25. The summed E-state index contributed by atoms with van der Waals surface area (Å²) in [6, 6.07) is 13.0. The predicted octanol–water partition coefficient (Wildman–Crippen LogP) is 7.91. The number of aliphatic hydroxyl groups is 1. The number of aliphatic hydroxyl groups excluding tert-OH is 1. The van der Waals surface area contributed by atoms with E-state index in [1.807, 2.05) is 0 Å². The van der Waals surface area contributed by atoms with Crippen molar-refractivity contribution in [3.63, 3.8) is 0 Å². The Labute approximate surface area is 234 Å². The molecular weight excluding hydrogens is 572 g/mol. The standard InChI is InChI=1S/C28H20ClF6N5O/c29-22-6-2-1-4-20(22)26(41)21-5-3-9-37-23(21)24-25(17-7-10-36-11-8-17)40(39-38-24)15-16-12-18(27(30,31)32)14-19(13-16)28(33,34)35/h1-14,24-26,41H,15H2. The highest BCUT2D eigenvalue weighted by atomic mass is 35.5. The van der Waals surface area contributed by atoms with Gasteiger partial charge in [-0.1, -0.05) is 41.1 Å². The fourth-order valence-corrected chi connectivity index (χ4v) is 4.96. The normalized spacial score (nSPS) is 18.1.